The van der Waals surface area contributed by atoms with Crippen LogP contribution < -0.4 is 5.69 Å². The third-order valence-electron chi connectivity index (χ3n) is 3.00. The molecule has 0 aliphatic heterocycles. The van der Waals surface area contributed by atoms with Crippen molar-refractivity contribution in [2.45, 2.75) is 19.8 Å². The highest BCUT2D eigenvalue weighted by Crippen LogP contribution is 2.23. The van der Waals surface area contributed by atoms with Crippen LogP contribution in [-0.4, -0.2) is 9.13 Å². The number of hydrogen-bond acceptors (Lipinski definition) is 1. The van der Waals surface area contributed by atoms with Crippen molar-refractivity contribution in [2.24, 2.45) is 14.1 Å². The number of nitrogens with zero attached hydrogens (tertiary/aromatic N) is 2. The van der Waals surface area contributed by atoms with Crippen molar-refractivity contribution >= 4 is 11.0 Å². The first-order valence-electron chi connectivity index (χ1n) is 5.28. The van der Waals surface area contributed by atoms with E-state index in [0.29, 0.717) is 11.0 Å². The molecule has 1 aromatic heterocycles. The van der Waals surface area contributed by atoms with Crippen molar-refractivity contribution in [1.29, 1.82) is 0 Å². The van der Waals surface area contributed by atoms with Gasteiger partial charge in [0.1, 0.15) is 11.3 Å². The Labute approximate surface area is 93.1 Å². The van der Waals surface area contributed by atoms with Gasteiger partial charge in [-0.3, -0.25) is 9.13 Å². The van der Waals surface area contributed by atoms with Gasteiger partial charge in [0.15, 0.2) is 0 Å². The number of hydrogen-bond donors (Lipinski definition) is 0. The van der Waals surface area contributed by atoms with E-state index in [9.17, 15) is 9.18 Å². The molecule has 0 saturated carbocycles. The molecule has 0 saturated heterocycles. The summed E-state index contributed by atoms with van der Waals surface area (Å²) in [6, 6.07) is 3.39. The van der Waals surface area contributed by atoms with E-state index in [0.717, 1.165) is 5.56 Å². The van der Waals surface area contributed by atoms with Crippen molar-refractivity contribution < 1.29 is 4.39 Å². The summed E-state index contributed by atoms with van der Waals surface area (Å²) in [5, 5.41) is 0. The lowest BCUT2D eigenvalue weighted by atomic mass is 10.0. The Balaban J connectivity index is 2.93. The summed E-state index contributed by atoms with van der Waals surface area (Å²) in [5.41, 5.74) is 1.73. The van der Waals surface area contributed by atoms with E-state index < -0.39 is 0 Å². The van der Waals surface area contributed by atoms with E-state index in [1.165, 1.54) is 15.2 Å². The zero-order valence-electron chi connectivity index (χ0n) is 9.91. The molecule has 2 aromatic rings. The van der Waals surface area contributed by atoms with Gasteiger partial charge in [-0.1, -0.05) is 13.8 Å². The smallest absolute Gasteiger partial charge is 0.295 e. The summed E-state index contributed by atoms with van der Waals surface area (Å²) >= 11 is 0. The predicted octanol–water partition coefficient (Wildman–Crippen LogP) is 2.14. The average molecular weight is 222 g/mol. The molecule has 0 fully saturated rings. The molecule has 0 radical (unpaired) electrons. The van der Waals surface area contributed by atoms with Crippen LogP contribution in [0.15, 0.2) is 16.9 Å². The van der Waals surface area contributed by atoms with Gasteiger partial charge in [-0.25, -0.2) is 9.18 Å². The Hall–Kier alpha value is -1.58. The molecule has 4 heteroatoms. The van der Waals surface area contributed by atoms with Gasteiger partial charge >= 0.3 is 5.69 Å². The average Bonchev–Trinajstić information content (AvgIpc) is 2.44. The molecule has 0 aliphatic rings. The van der Waals surface area contributed by atoms with Crippen LogP contribution in [0, 0.1) is 5.82 Å². The fourth-order valence-electron chi connectivity index (χ4n) is 1.95. The standard InChI is InChI=1S/C12H15FN2O/c1-7(2)8-5-9(13)11-10(6-8)14(3)12(16)15(11)4/h5-7H,1-4H3. The number of halogens is 1. The normalized spacial score (nSPS) is 11.6. The van der Waals surface area contributed by atoms with E-state index in [1.807, 2.05) is 19.9 Å². The Morgan fingerprint density at radius 1 is 1.19 bits per heavy atom. The first-order chi connectivity index (χ1) is 7.43. The molecule has 0 unspecified atom stereocenters. The molecule has 0 N–H and O–H groups in total. The Bertz CT molecular complexity index is 607. The number of aromatic nitrogens is 2. The molecule has 0 spiro atoms. The Morgan fingerprint density at radius 3 is 2.38 bits per heavy atom. The summed E-state index contributed by atoms with van der Waals surface area (Å²) in [4.78, 5) is 11.7. The minimum Gasteiger partial charge on any atom is -0.295 e. The van der Waals surface area contributed by atoms with Gasteiger partial charge in [0.2, 0.25) is 0 Å². The third kappa shape index (κ3) is 1.37. The highest BCUT2D eigenvalue weighted by atomic mass is 19.1. The minimum absolute atomic E-state index is 0.199. The zero-order chi connectivity index (χ0) is 12.0. The van der Waals surface area contributed by atoms with Gasteiger partial charge < -0.3 is 0 Å². The fourth-order valence-corrected chi connectivity index (χ4v) is 1.95. The maximum absolute atomic E-state index is 13.9. The minimum atomic E-state index is -0.332. The van der Waals surface area contributed by atoms with Crippen LogP contribution in [0.1, 0.15) is 25.3 Å². The molecular weight excluding hydrogens is 207 g/mol. The molecule has 1 aromatic carbocycles. The van der Waals surface area contributed by atoms with Gasteiger partial charge in [-0.15, -0.1) is 0 Å². The summed E-state index contributed by atoms with van der Waals surface area (Å²) in [5.74, 6) is -0.0874. The number of aryl methyl sites for hydroxylation is 2. The van der Waals surface area contributed by atoms with E-state index >= 15 is 0 Å². The second-order valence-corrected chi connectivity index (χ2v) is 4.43. The molecule has 86 valence electrons. The van der Waals surface area contributed by atoms with Crippen LogP contribution in [0.25, 0.3) is 11.0 Å². The number of benzene rings is 1. The number of rotatable bonds is 1. The van der Waals surface area contributed by atoms with Crippen LogP contribution in [0.3, 0.4) is 0 Å². The van der Waals surface area contributed by atoms with Crippen molar-refractivity contribution in [3.05, 3.63) is 34.0 Å². The van der Waals surface area contributed by atoms with Crippen molar-refractivity contribution in [3.8, 4) is 0 Å². The fraction of sp³-hybridized carbons (Fsp3) is 0.417. The molecule has 0 amide bonds. The molecule has 16 heavy (non-hydrogen) atoms. The Morgan fingerprint density at radius 2 is 1.81 bits per heavy atom. The summed E-state index contributed by atoms with van der Waals surface area (Å²) < 4.78 is 16.7. The lowest BCUT2D eigenvalue weighted by Crippen LogP contribution is -2.19. The van der Waals surface area contributed by atoms with Crippen LogP contribution in [0.4, 0.5) is 4.39 Å². The zero-order valence-corrected chi connectivity index (χ0v) is 9.91. The monoisotopic (exact) mass is 222 g/mol. The topological polar surface area (TPSA) is 26.9 Å². The summed E-state index contributed by atoms with van der Waals surface area (Å²) in [7, 11) is 3.25. The number of fused-ring (bicyclic) bond motifs is 1. The first-order valence-corrected chi connectivity index (χ1v) is 5.28. The van der Waals surface area contributed by atoms with Crippen LogP contribution >= 0.6 is 0 Å². The van der Waals surface area contributed by atoms with E-state index in [2.05, 4.69) is 0 Å². The van der Waals surface area contributed by atoms with E-state index in [1.54, 1.807) is 14.1 Å². The van der Waals surface area contributed by atoms with Gasteiger partial charge in [-0.05, 0) is 23.6 Å². The summed E-state index contributed by atoms with van der Waals surface area (Å²) in [6.07, 6.45) is 0. The maximum Gasteiger partial charge on any atom is 0.328 e. The van der Waals surface area contributed by atoms with Gasteiger partial charge in [0.25, 0.3) is 0 Å². The van der Waals surface area contributed by atoms with Crippen molar-refractivity contribution in [3.63, 3.8) is 0 Å². The second kappa shape index (κ2) is 3.47. The second-order valence-electron chi connectivity index (χ2n) is 4.43. The third-order valence-corrected chi connectivity index (χ3v) is 3.00. The van der Waals surface area contributed by atoms with E-state index in [-0.39, 0.29) is 17.4 Å². The molecule has 2 rings (SSSR count). The maximum atomic E-state index is 13.9. The molecular formula is C12H15FN2O. The predicted molar refractivity (Wildman–Crippen MR) is 62.2 cm³/mol. The van der Waals surface area contributed by atoms with Crippen LogP contribution in [0.2, 0.25) is 0 Å². The van der Waals surface area contributed by atoms with Gasteiger partial charge in [-0.2, -0.15) is 0 Å². The Kier molecular flexibility index (Phi) is 2.37. The SMILES string of the molecule is CC(C)c1cc(F)c2c(c1)n(C)c(=O)n2C. The number of imidazole rings is 1. The lowest BCUT2D eigenvalue weighted by Gasteiger charge is -2.06. The first kappa shape index (κ1) is 10.9. The van der Waals surface area contributed by atoms with Crippen molar-refractivity contribution in [1.82, 2.24) is 9.13 Å². The molecule has 3 nitrogen and oxygen atoms in total. The van der Waals surface area contributed by atoms with Gasteiger partial charge in [0, 0.05) is 14.1 Å². The molecule has 0 bridgehead atoms. The molecule has 0 atom stereocenters. The molecule has 0 aliphatic carbocycles. The quantitative estimate of drug-likeness (QED) is 0.726. The highest BCUT2D eigenvalue weighted by Gasteiger charge is 2.14. The van der Waals surface area contributed by atoms with Crippen molar-refractivity contribution in [2.75, 3.05) is 0 Å². The molecule has 1 heterocycles. The largest absolute Gasteiger partial charge is 0.328 e. The summed E-state index contributed by atoms with van der Waals surface area (Å²) in [6.45, 7) is 4.00. The van der Waals surface area contributed by atoms with Crippen LogP contribution in [0.5, 0.6) is 0 Å². The highest BCUT2D eigenvalue weighted by molar-refractivity contribution is 5.77. The van der Waals surface area contributed by atoms with Crippen LogP contribution in [-0.2, 0) is 14.1 Å². The van der Waals surface area contributed by atoms with E-state index in [4.69, 9.17) is 0 Å². The van der Waals surface area contributed by atoms with Gasteiger partial charge in [0.05, 0.1) is 5.52 Å². The lowest BCUT2D eigenvalue weighted by molar-refractivity contribution is 0.626.